The number of carbonyl (C=O) groups excluding carboxylic acids is 2. The highest BCUT2D eigenvalue weighted by molar-refractivity contribution is 5.97. The van der Waals surface area contributed by atoms with Gasteiger partial charge in [-0.3, -0.25) is 9.59 Å². The maximum absolute atomic E-state index is 13.3. The first kappa shape index (κ1) is 17.6. The molecule has 0 bridgehead atoms. The zero-order chi connectivity index (χ0) is 17.7. The molecule has 4 nitrogen and oxygen atoms in total. The van der Waals surface area contributed by atoms with E-state index < -0.39 is 29.6 Å². The Morgan fingerprint density at radius 1 is 0.917 bits per heavy atom. The Balaban J connectivity index is 1.95. The maximum atomic E-state index is 13.3. The summed E-state index contributed by atoms with van der Waals surface area (Å²) in [6.07, 6.45) is 0. The third kappa shape index (κ3) is 4.38. The number of carbonyl (C=O) groups is 2. The summed E-state index contributed by atoms with van der Waals surface area (Å²) in [4.78, 5) is 24.2. The molecule has 24 heavy (non-hydrogen) atoms. The van der Waals surface area contributed by atoms with Gasteiger partial charge in [-0.25, -0.2) is 8.78 Å². The van der Waals surface area contributed by atoms with Gasteiger partial charge in [-0.2, -0.15) is 0 Å². The Morgan fingerprint density at radius 2 is 1.58 bits per heavy atom. The first-order valence-corrected chi connectivity index (χ1v) is 7.49. The van der Waals surface area contributed by atoms with Crippen LogP contribution in [0.25, 0.3) is 0 Å². The molecule has 0 heterocycles. The molecule has 0 aromatic heterocycles. The van der Waals surface area contributed by atoms with Crippen molar-refractivity contribution in [1.29, 1.82) is 0 Å². The lowest BCUT2D eigenvalue weighted by Crippen LogP contribution is -2.45. The van der Waals surface area contributed by atoms with E-state index in [0.29, 0.717) is 11.1 Å². The van der Waals surface area contributed by atoms with Crippen molar-refractivity contribution < 1.29 is 18.4 Å². The largest absolute Gasteiger partial charge is 0.348 e. The summed E-state index contributed by atoms with van der Waals surface area (Å²) in [7, 11) is 0. The molecule has 6 heteroatoms. The van der Waals surface area contributed by atoms with E-state index in [1.165, 1.54) is 6.07 Å². The van der Waals surface area contributed by atoms with Crippen LogP contribution in [0.15, 0.2) is 48.5 Å². The average Bonchev–Trinajstić information content (AvgIpc) is 2.57. The van der Waals surface area contributed by atoms with Crippen molar-refractivity contribution >= 4 is 11.8 Å². The molecule has 0 saturated carbocycles. The van der Waals surface area contributed by atoms with Crippen molar-refractivity contribution in [1.82, 2.24) is 10.6 Å². The maximum Gasteiger partial charge on any atom is 0.251 e. The molecule has 0 saturated heterocycles. The zero-order valence-corrected chi connectivity index (χ0v) is 13.3. The number of amides is 2. The van der Waals surface area contributed by atoms with E-state index in [9.17, 15) is 18.4 Å². The van der Waals surface area contributed by atoms with E-state index >= 15 is 0 Å². The molecule has 126 valence electrons. The minimum Gasteiger partial charge on any atom is -0.348 e. The number of rotatable bonds is 5. The fourth-order valence-electron chi connectivity index (χ4n) is 2.14. The Labute approximate surface area is 138 Å². The number of hydrogen-bond acceptors (Lipinski definition) is 2. The molecule has 2 N–H and O–H groups in total. The van der Waals surface area contributed by atoms with Crippen LogP contribution < -0.4 is 10.6 Å². The second-order valence-electron chi connectivity index (χ2n) is 5.46. The smallest absolute Gasteiger partial charge is 0.251 e. The van der Waals surface area contributed by atoms with Crippen LogP contribution >= 0.6 is 0 Å². The SMILES string of the molecule is C[C@H](NC(=O)c1ccccc1)C(=O)N[C@@H](C)c1ccc(F)c(F)c1. The fraction of sp³-hybridized carbons (Fsp3) is 0.222. The fourth-order valence-corrected chi connectivity index (χ4v) is 2.14. The highest BCUT2D eigenvalue weighted by atomic mass is 19.2. The first-order valence-electron chi connectivity index (χ1n) is 7.49. The number of benzene rings is 2. The van der Waals surface area contributed by atoms with Crippen LogP contribution in [0, 0.1) is 11.6 Å². The summed E-state index contributed by atoms with van der Waals surface area (Å²) in [6.45, 7) is 3.20. The monoisotopic (exact) mass is 332 g/mol. The van der Waals surface area contributed by atoms with Crippen LogP contribution in [-0.4, -0.2) is 17.9 Å². The molecule has 0 aliphatic rings. The van der Waals surface area contributed by atoms with Gasteiger partial charge in [0.2, 0.25) is 5.91 Å². The van der Waals surface area contributed by atoms with Gasteiger partial charge in [0.25, 0.3) is 5.91 Å². The van der Waals surface area contributed by atoms with E-state index in [-0.39, 0.29) is 5.91 Å². The van der Waals surface area contributed by atoms with Crippen molar-refractivity contribution in [2.75, 3.05) is 0 Å². The van der Waals surface area contributed by atoms with Crippen LogP contribution in [0.3, 0.4) is 0 Å². The van der Waals surface area contributed by atoms with Gasteiger partial charge >= 0.3 is 0 Å². The molecule has 2 amide bonds. The van der Waals surface area contributed by atoms with Gasteiger partial charge in [0.15, 0.2) is 11.6 Å². The second-order valence-corrected chi connectivity index (χ2v) is 5.46. The van der Waals surface area contributed by atoms with Crippen LogP contribution in [0.5, 0.6) is 0 Å². The highest BCUT2D eigenvalue weighted by Gasteiger charge is 2.19. The molecular formula is C18H18F2N2O2. The third-order valence-corrected chi connectivity index (χ3v) is 3.58. The summed E-state index contributed by atoms with van der Waals surface area (Å²) < 4.78 is 26.2. The van der Waals surface area contributed by atoms with Crippen molar-refractivity contribution in [2.45, 2.75) is 25.9 Å². The molecular weight excluding hydrogens is 314 g/mol. The minimum absolute atomic E-state index is 0.362. The van der Waals surface area contributed by atoms with E-state index in [1.807, 2.05) is 0 Å². The Morgan fingerprint density at radius 3 is 2.21 bits per heavy atom. The number of nitrogens with one attached hydrogen (secondary N) is 2. The van der Waals surface area contributed by atoms with Gasteiger partial charge in [-0.05, 0) is 43.7 Å². The number of halogens is 2. The molecule has 2 aromatic carbocycles. The van der Waals surface area contributed by atoms with Crippen LogP contribution in [-0.2, 0) is 4.79 Å². The average molecular weight is 332 g/mol. The predicted molar refractivity (Wildman–Crippen MR) is 86.3 cm³/mol. The topological polar surface area (TPSA) is 58.2 Å². The van der Waals surface area contributed by atoms with Crippen molar-refractivity contribution in [3.8, 4) is 0 Å². The molecule has 0 aliphatic heterocycles. The second kappa shape index (κ2) is 7.68. The quantitative estimate of drug-likeness (QED) is 0.884. The molecule has 0 unspecified atom stereocenters. The Kier molecular flexibility index (Phi) is 5.63. The Hall–Kier alpha value is -2.76. The lowest BCUT2D eigenvalue weighted by atomic mass is 10.1. The van der Waals surface area contributed by atoms with E-state index in [4.69, 9.17) is 0 Å². The first-order chi connectivity index (χ1) is 11.4. The number of hydrogen-bond donors (Lipinski definition) is 2. The van der Waals surface area contributed by atoms with Crippen LogP contribution in [0.2, 0.25) is 0 Å². The summed E-state index contributed by atoms with van der Waals surface area (Å²) >= 11 is 0. The predicted octanol–water partition coefficient (Wildman–Crippen LogP) is 2.96. The molecule has 0 aliphatic carbocycles. The van der Waals surface area contributed by atoms with Gasteiger partial charge < -0.3 is 10.6 Å². The molecule has 2 rings (SSSR count). The summed E-state index contributed by atoms with van der Waals surface area (Å²) in [5.41, 5.74) is 0.884. The summed E-state index contributed by atoms with van der Waals surface area (Å²) in [5.74, 6) is -2.70. The molecule has 0 radical (unpaired) electrons. The molecule has 0 fully saturated rings. The summed E-state index contributed by atoms with van der Waals surface area (Å²) in [5, 5.41) is 5.24. The minimum atomic E-state index is -0.973. The van der Waals surface area contributed by atoms with Crippen molar-refractivity contribution in [3.63, 3.8) is 0 Å². The van der Waals surface area contributed by atoms with Gasteiger partial charge in [-0.1, -0.05) is 24.3 Å². The van der Waals surface area contributed by atoms with Crippen LogP contribution in [0.4, 0.5) is 8.78 Å². The van der Waals surface area contributed by atoms with Gasteiger partial charge in [0, 0.05) is 5.56 Å². The van der Waals surface area contributed by atoms with Crippen molar-refractivity contribution in [2.24, 2.45) is 0 Å². The molecule has 2 aromatic rings. The van der Waals surface area contributed by atoms with E-state index in [2.05, 4.69) is 10.6 Å². The van der Waals surface area contributed by atoms with E-state index in [1.54, 1.807) is 44.2 Å². The molecule has 0 spiro atoms. The van der Waals surface area contributed by atoms with Gasteiger partial charge in [0.05, 0.1) is 6.04 Å². The lowest BCUT2D eigenvalue weighted by molar-refractivity contribution is -0.123. The standard InChI is InChI=1S/C18H18F2N2O2/c1-11(14-8-9-15(19)16(20)10-14)21-17(23)12(2)22-18(24)13-6-4-3-5-7-13/h3-12H,1-2H3,(H,21,23)(H,22,24)/t11-,12-/m0/s1. The zero-order valence-electron chi connectivity index (χ0n) is 13.3. The van der Waals surface area contributed by atoms with Gasteiger partial charge in [0.1, 0.15) is 6.04 Å². The molecule has 2 atom stereocenters. The lowest BCUT2D eigenvalue weighted by Gasteiger charge is -2.19. The van der Waals surface area contributed by atoms with Gasteiger partial charge in [-0.15, -0.1) is 0 Å². The van der Waals surface area contributed by atoms with Crippen LogP contribution in [0.1, 0.15) is 35.8 Å². The Bertz CT molecular complexity index is 735. The van der Waals surface area contributed by atoms with E-state index in [0.717, 1.165) is 12.1 Å². The highest BCUT2D eigenvalue weighted by Crippen LogP contribution is 2.16. The third-order valence-electron chi connectivity index (χ3n) is 3.58. The normalized spacial score (nSPS) is 13.0. The van der Waals surface area contributed by atoms with Crippen molar-refractivity contribution in [3.05, 3.63) is 71.3 Å². The summed E-state index contributed by atoms with van der Waals surface area (Å²) in [6, 6.07) is 10.7.